The van der Waals surface area contributed by atoms with Gasteiger partial charge >= 0.3 is 6.03 Å². The summed E-state index contributed by atoms with van der Waals surface area (Å²) in [6.07, 6.45) is 1.31. The minimum Gasteiger partial charge on any atom is -0.351 e. The summed E-state index contributed by atoms with van der Waals surface area (Å²) in [4.78, 5) is 38.6. The molecular weight excluding hydrogens is 425 g/mol. The predicted molar refractivity (Wildman–Crippen MR) is 121 cm³/mol. The van der Waals surface area contributed by atoms with Gasteiger partial charge in [-0.15, -0.1) is 0 Å². The number of nitrogens with zero attached hydrogens (tertiary/aromatic N) is 2. The second-order valence-corrected chi connectivity index (χ2v) is 7.98. The Morgan fingerprint density at radius 3 is 2.45 bits per heavy atom. The van der Waals surface area contributed by atoms with Gasteiger partial charge in [-0.3, -0.25) is 9.59 Å². The van der Waals surface area contributed by atoms with E-state index in [0.717, 1.165) is 0 Å². The summed E-state index contributed by atoms with van der Waals surface area (Å²) in [5.41, 5.74) is 1.72. The van der Waals surface area contributed by atoms with Gasteiger partial charge in [-0.25, -0.2) is 9.18 Å². The van der Waals surface area contributed by atoms with Crippen LogP contribution in [0.25, 0.3) is 0 Å². The Morgan fingerprint density at radius 1 is 1.15 bits per heavy atom. The summed E-state index contributed by atoms with van der Waals surface area (Å²) in [5, 5.41) is 17.2. The van der Waals surface area contributed by atoms with Crippen molar-refractivity contribution in [2.45, 2.75) is 38.3 Å². The maximum absolute atomic E-state index is 13.5. The van der Waals surface area contributed by atoms with Crippen LogP contribution < -0.4 is 16.0 Å². The lowest BCUT2D eigenvalue weighted by molar-refractivity contribution is -0.128. The molecule has 2 aromatic carbocycles. The van der Waals surface area contributed by atoms with Gasteiger partial charge in [-0.05, 0) is 54.8 Å². The van der Waals surface area contributed by atoms with E-state index in [0.29, 0.717) is 42.7 Å². The van der Waals surface area contributed by atoms with Gasteiger partial charge in [0.2, 0.25) is 11.8 Å². The lowest BCUT2D eigenvalue weighted by Crippen LogP contribution is -2.53. The number of hydrogen-bond donors (Lipinski definition) is 3. The number of carbonyl (C=O) groups excluding carboxylic acids is 3. The molecule has 9 heteroatoms. The third kappa shape index (κ3) is 7.04. The van der Waals surface area contributed by atoms with Gasteiger partial charge in [0.15, 0.2) is 0 Å². The average molecular weight is 452 g/mol. The number of piperidine rings is 1. The number of anilines is 1. The largest absolute Gasteiger partial charge is 0.351 e. The lowest BCUT2D eigenvalue weighted by Gasteiger charge is -2.33. The first-order valence-electron chi connectivity index (χ1n) is 10.7. The van der Waals surface area contributed by atoms with E-state index in [1.54, 1.807) is 41.3 Å². The second kappa shape index (κ2) is 11.1. The van der Waals surface area contributed by atoms with Crippen LogP contribution in [0.15, 0.2) is 48.5 Å². The maximum Gasteiger partial charge on any atom is 0.321 e. The number of urea groups is 1. The minimum atomic E-state index is -0.818. The van der Waals surface area contributed by atoms with E-state index in [9.17, 15) is 18.8 Å². The van der Waals surface area contributed by atoms with Gasteiger partial charge in [-0.1, -0.05) is 12.1 Å². The van der Waals surface area contributed by atoms with Crippen LogP contribution in [-0.2, 0) is 16.0 Å². The van der Waals surface area contributed by atoms with Crippen LogP contribution in [0, 0.1) is 17.1 Å². The van der Waals surface area contributed by atoms with E-state index in [2.05, 4.69) is 16.0 Å². The topological polar surface area (TPSA) is 114 Å². The van der Waals surface area contributed by atoms with Gasteiger partial charge < -0.3 is 20.9 Å². The highest BCUT2D eigenvalue weighted by Crippen LogP contribution is 2.15. The van der Waals surface area contributed by atoms with Gasteiger partial charge in [0.25, 0.3) is 0 Å². The summed E-state index contributed by atoms with van der Waals surface area (Å²) in [6, 6.07) is 13.4. The number of halogens is 1. The van der Waals surface area contributed by atoms with Crippen LogP contribution in [0.3, 0.4) is 0 Å². The molecule has 1 aliphatic heterocycles. The monoisotopic (exact) mass is 451 g/mol. The smallest absolute Gasteiger partial charge is 0.321 e. The molecule has 0 unspecified atom stereocenters. The molecule has 0 aliphatic carbocycles. The molecule has 0 spiro atoms. The molecule has 0 radical (unpaired) electrons. The summed E-state index contributed by atoms with van der Waals surface area (Å²) < 4.78 is 13.5. The Labute approximate surface area is 191 Å². The standard InChI is InChI=1S/C24H26FN5O3/c1-16(31)27-22(14-18-3-2-4-19(25)13-18)23(32)28-21-9-11-30(12-10-21)24(33)29-20-7-5-17(15-26)6-8-20/h2-8,13,21-22H,9-12,14H2,1H3,(H,27,31)(H,28,32)(H,29,33)/t22-/m1/s1. The third-order valence-corrected chi connectivity index (χ3v) is 5.42. The van der Waals surface area contributed by atoms with Crippen molar-refractivity contribution in [3.63, 3.8) is 0 Å². The van der Waals surface area contributed by atoms with Crippen molar-refractivity contribution in [2.75, 3.05) is 18.4 Å². The first-order valence-corrected chi connectivity index (χ1v) is 10.7. The first kappa shape index (κ1) is 23.7. The van der Waals surface area contributed by atoms with Crippen molar-refractivity contribution in [3.05, 3.63) is 65.5 Å². The normalized spacial score (nSPS) is 14.6. The summed E-state index contributed by atoms with van der Waals surface area (Å²) in [5.74, 6) is -1.09. The van der Waals surface area contributed by atoms with Gasteiger partial charge in [0.1, 0.15) is 11.9 Å². The highest BCUT2D eigenvalue weighted by Gasteiger charge is 2.27. The van der Waals surface area contributed by atoms with E-state index >= 15 is 0 Å². The van der Waals surface area contributed by atoms with Gasteiger partial charge in [-0.2, -0.15) is 5.26 Å². The quantitative estimate of drug-likeness (QED) is 0.626. The van der Waals surface area contributed by atoms with Crippen LogP contribution in [0.5, 0.6) is 0 Å². The zero-order valence-corrected chi connectivity index (χ0v) is 18.3. The van der Waals surface area contributed by atoms with E-state index in [1.165, 1.54) is 19.1 Å². The highest BCUT2D eigenvalue weighted by atomic mass is 19.1. The number of nitrogens with one attached hydrogen (secondary N) is 3. The van der Waals surface area contributed by atoms with Crippen LogP contribution in [0.4, 0.5) is 14.9 Å². The van der Waals surface area contributed by atoms with Crippen LogP contribution >= 0.6 is 0 Å². The molecule has 0 bridgehead atoms. The maximum atomic E-state index is 13.5. The SMILES string of the molecule is CC(=O)N[C@H](Cc1cccc(F)c1)C(=O)NC1CCN(C(=O)Nc2ccc(C#N)cc2)CC1. The fraction of sp³-hybridized carbons (Fsp3) is 0.333. The fourth-order valence-electron chi connectivity index (χ4n) is 3.71. The number of likely N-dealkylation sites (tertiary alicyclic amines) is 1. The summed E-state index contributed by atoms with van der Waals surface area (Å²) in [7, 11) is 0. The number of rotatable bonds is 6. The molecule has 4 amide bonds. The van der Waals surface area contributed by atoms with Crippen molar-refractivity contribution in [2.24, 2.45) is 0 Å². The molecule has 3 rings (SSSR count). The van der Waals surface area contributed by atoms with Crippen LogP contribution in [0.1, 0.15) is 30.9 Å². The predicted octanol–water partition coefficient (Wildman–Crippen LogP) is 2.56. The summed E-state index contributed by atoms with van der Waals surface area (Å²) >= 11 is 0. The molecule has 3 N–H and O–H groups in total. The molecule has 2 aromatic rings. The molecule has 8 nitrogen and oxygen atoms in total. The Hall–Kier alpha value is -3.93. The molecule has 0 aromatic heterocycles. The van der Waals surface area contributed by atoms with Crippen LogP contribution in [0.2, 0.25) is 0 Å². The second-order valence-electron chi connectivity index (χ2n) is 7.98. The molecule has 1 fully saturated rings. The van der Waals surface area contributed by atoms with E-state index in [1.807, 2.05) is 6.07 Å². The zero-order chi connectivity index (χ0) is 23.8. The Bertz CT molecular complexity index is 1040. The van der Waals surface area contributed by atoms with Crippen molar-refractivity contribution in [3.8, 4) is 6.07 Å². The van der Waals surface area contributed by atoms with Crippen molar-refractivity contribution >= 4 is 23.5 Å². The van der Waals surface area contributed by atoms with Crippen molar-refractivity contribution < 1.29 is 18.8 Å². The van der Waals surface area contributed by atoms with E-state index < -0.39 is 11.9 Å². The zero-order valence-electron chi connectivity index (χ0n) is 18.3. The minimum absolute atomic E-state index is 0.139. The molecule has 172 valence electrons. The van der Waals surface area contributed by atoms with E-state index in [-0.39, 0.29) is 30.3 Å². The fourth-order valence-corrected chi connectivity index (χ4v) is 3.71. The summed E-state index contributed by atoms with van der Waals surface area (Å²) in [6.45, 7) is 2.25. The van der Waals surface area contributed by atoms with Gasteiger partial charge in [0, 0.05) is 38.2 Å². The molecule has 33 heavy (non-hydrogen) atoms. The van der Waals surface area contributed by atoms with Gasteiger partial charge in [0.05, 0.1) is 11.6 Å². The number of amides is 4. The molecule has 1 saturated heterocycles. The third-order valence-electron chi connectivity index (χ3n) is 5.42. The molecule has 1 atom stereocenters. The van der Waals surface area contributed by atoms with Crippen molar-refractivity contribution in [1.82, 2.24) is 15.5 Å². The molecule has 1 heterocycles. The number of hydrogen-bond acceptors (Lipinski definition) is 4. The molecule has 0 saturated carbocycles. The number of benzene rings is 2. The average Bonchev–Trinajstić information content (AvgIpc) is 2.79. The Balaban J connectivity index is 1.51. The Morgan fingerprint density at radius 2 is 1.85 bits per heavy atom. The number of nitriles is 1. The molecular formula is C24H26FN5O3. The lowest BCUT2D eigenvalue weighted by atomic mass is 10.0. The molecule has 1 aliphatic rings. The highest BCUT2D eigenvalue weighted by molar-refractivity contribution is 5.89. The Kier molecular flexibility index (Phi) is 7.97. The number of carbonyl (C=O) groups is 3. The van der Waals surface area contributed by atoms with E-state index in [4.69, 9.17) is 5.26 Å². The first-order chi connectivity index (χ1) is 15.8. The van der Waals surface area contributed by atoms with Crippen molar-refractivity contribution in [1.29, 1.82) is 5.26 Å². The van der Waals surface area contributed by atoms with Crippen LogP contribution in [-0.4, -0.2) is 47.9 Å².